The zero-order valence-corrected chi connectivity index (χ0v) is 10.4. The minimum atomic E-state index is 0.0547. The van der Waals surface area contributed by atoms with Crippen molar-refractivity contribution in [2.24, 2.45) is 0 Å². The predicted molar refractivity (Wildman–Crippen MR) is 70.7 cm³/mol. The third kappa shape index (κ3) is 2.56. The summed E-state index contributed by atoms with van der Waals surface area (Å²) in [7, 11) is 0. The molecule has 0 fully saturated rings. The largest absolute Gasteiger partial charge is 0.289 e. The van der Waals surface area contributed by atoms with Crippen molar-refractivity contribution in [3.05, 3.63) is 70.2 Å². The van der Waals surface area contributed by atoms with Crippen LogP contribution in [0.5, 0.6) is 0 Å². The van der Waals surface area contributed by atoms with E-state index in [-0.39, 0.29) is 5.78 Å². The Bertz CT molecular complexity index is 529. The summed E-state index contributed by atoms with van der Waals surface area (Å²) < 4.78 is 0. The topological polar surface area (TPSA) is 17.1 Å². The standard InChI is InChI=1S/C15H13ClO/c1-2-11-5-3-4-6-14(11)15(17)12-7-9-13(16)10-8-12/h3-10H,2H2,1H3. The number of ketones is 1. The van der Waals surface area contributed by atoms with Gasteiger partial charge >= 0.3 is 0 Å². The van der Waals surface area contributed by atoms with E-state index in [0.717, 1.165) is 17.5 Å². The fourth-order valence-corrected chi connectivity index (χ4v) is 1.93. The molecule has 2 aromatic carbocycles. The fraction of sp³-hybridized carbons (Fsp3) is 0.133. The van der Waals surface area contributed by atoms with Crippen molar-refractivity contribution in [2.75, 3.05) is 0 Å². The lowest BCUT2D eigenvalue weighted by atomic mass is 9.97. The van der Waals surface area contributed by atoms with Gasteiger partial charge in [-0.25, -0.2) is 0 Å². The first kappa shape index (κ1) is 11.9. The van der Waals surface area contributed by atoms with Gasteiger partial charge in [-0.15, -0.1) is 0 Å². The second-order valence-electron chi connectivity index (χ2n) is 3.85. The van der Waals surface area contributed by atoms with Gasteiger partial charge in [0.1, 0.15) is 0 Å². The molecule has 0 saturated carbocycles. The number of aryl methyl sites for hydroxylation is 1. The first-order valence-corrected chi connectivity index (χ1v) is 5.98. The van der Waals surface area contributed by atoms with E-state index >= 15 is 0 Å². The zero-order chi connectivity index (χ0) is 12.3. The molecule has 2 heteroatoms. The maximum Gasteiger partial charge on any atom is 0.193 e. The summed E-state index contributed by atoms with van der Waals surface area (Å²) in [6.07, 6.45) is 0.857. The lowest BCUT2D eigenvalue weighted by molar-refractivity contribution is 0.103. The van der Waals surface area contributed by atoms with Crippen LogP contribution in [0.25, 0.3) is 0 Å². The third-order valence-electron chi connectivity index (χ3n) is 2.75. The maximum absolute atomic E-state index is 12.3. The average Bonchev–Trinajstić information content (AvgIpc) is 2.39. The summed E-state index contributed by atoms with van der Waals surface area (Å²) in [6, 6.07) is 14.7. The number of carbonyl (C=O) groups excluding carboxylic acids is 1. The van der Waals surface area contributed by atoms with Gasteiger partial charge in [-0.3, -0.25) is 4.79 Å². The molecule has 0 amide bonds. The zero-order valence-electron chi connectivity index (χ0n) is 9.61. The molecule has 0 aromatic heterocycles. The highest BCUT2D eigenvalue weighted by atomic mass is 35.5. The van der Waals surface area contributed by atoms with Crippen LogP contribution in [-0.4, -0.2) is 5.78 Å². The second kappa shape index (κ2) is 5.15. The molecule has 0 atom stereocenters. The van der Waals surface area contributed by atoms with Crippen LogP contribution in [0.4, 0.5) is 0 Å². The molecule has 2 rings (SSSR count). The molecule has 0 aliphatic rings. The van der Waals surface area contributed by atoms with Gasteiger partial charge in [0.05, 0.1) is 0 Å². The van der Waals surface area contributed by atoms with Crippen molar-refractivity contribution in [1.29, 1.82) is 0 Å². The van der Waals surface area contributed by atoms with Gasteiger partial charge in [-0.1, -0.05) is 42.8 Å². The van der Waals surface area contributed by atoms with E-state index in [9.17, 15) is 4.79 Å². The van der Waals surface area contributed by atoms with E-state index in [1.54, 1.807) is 24.3 Å². The van der Waals surface area contributed by atoms with Crippen molar-refractivity contribution in [3.63, 3.8) is 0 Å². The first-order chi connectivity index (χ1) is 8.22. The van der Waals surface area contributed by atoms with Crippen molar-refractivity contribution in [3.8, 4) is 0 Å². The van der Waals surface area contributed by atoms with Crippen LogP contribution in [0.1, 0.15) is 28.4 Å². The Labute approximate surface area is 106 Å². The van der Waals surface area contributed by atoms with Crippen molar-refractivity contribution >= 4 is 17.4 Å². The molecule has 0 radical (unpaired) electrons. The molecule has 1 nitrogen and oxygen atoms in total. The molecule has 0 unspecified atom stereocenters. The Morgan fingerprint density at radius 3 is 2.35 bits per heavy atom. The van der Waals surface area contributed by atoms with Gasteiger partial charge in [0.2, 0.25) is 0 Å². The Kier molecular flexibility index (Phi) is 3.60. The van der Waals surface area contributed by atoms with Gasteiger partial charge < -0.3 is 0 Å². The van der Waals surface area contributed by atoms with E-state index in [1.165, 1.54) is 0 Å². The summed E-state index contributed by atoms with van der Waals surface area (Å²) >= 11 is 5.81. The molecule has 0 aliphatic carbocycles. The van der Waals surface area contributed by atoms with Crippen LogP contribution in [0, 0.1) is 0 Å². The molecule has 2 aromatic rings. The normalized spacial score (nSPS) is 10.2. The summed E-state index contributed by atoms with van der Waals surface area (Å²) in [5, 5.41) is 0.644. The maximum atomic E-state index is 12.3. The quantitative estimate of drug-likeness (QED) is 0.742. The molecule has 0 spiro atoms. The number of benzene rings is 2. The van der Waals surface area contributed by atoms with E-state index in [2.05, 4.69) is 0 Å². The molecule has 0 heterocycles. The SMILES string of the molecule is CCc1ccccc1C(=O)c1ccc(Cl)cc1. The average molecular weight is 245 g/mol. The highest BCUT2D eigenvalue weighted by Crippen LogP contribution is 2.17. The monoisotopic (exact) mass is 244 g/mol. The molecule has 17 heavy (non-hydrogen) atoms. The summed E-state index contributed by atoms with van der Waals surface area (Å²) in [4.78, 5) is 12.3. The summed E-state index contributed by atoms with van der Waals surface area (Å²) in [6.45, 7) is 2.05. The van der Waals surface area contributed by atoms with E-state index < -0.39 is 0 Å². The second-order valence-corrected chi connectivity index (χ2v) is 4.28. The van der Waals surface area contributed by atoms with E-state index in [0.29, 0.717) is 10.6 Å². The highest BCUT2D eigenvalue weighted by molar-refractivity contribution is 6.30. The Morgan fingerprint density at radius 1 is 1.06 bits per heavy atom. The lowest BCUT2D eigenvalue weighted by Gasteiger charge is -2.06. The Morgan fingerprint density at radius 2 is 1.71 bits per heavy atom. The number of hydrogen-bond acceptors (Lipinski definition) is 1. The van der Waals surface area contributed by atoms with Crippen LogP contribution < -0.4 is 0 Å². The van der Waals surface area contributed by atoms with Gasteiger partial charge in [0.25, 0.3) is 0 Å². The molecule has 0 bridgehead atoms. The van der Waals surface area contributed by atoms with Crippen LogP contribution in [-0.2, 0) is 6.42 Å². The van der Waals surface area contributed by atoms with Crippen LogP contribution in [0.3, 0.4) is 0 Å². The van der Waals surface area contributed by atoms with E-state index in [1.807, 2.05) is 31.2 Å². The predicted octanol–water partition coefficient (Wildman–Crippen LogP) is 4.13. The Balaban J connectivity index is 2.40. The van der Waals surface area contributed by atoms with Gasteiger partial charge in [-0.05, 0) is 36.2 Å². The van der Waals surface area contributed by atoms with Crippen molar-refractivity contribution in [1.82, 2.24) is 0 Å². The highest BCUT2D eigenvalue weighted by Gasteiger charge is 2.11. The Hall–Kier alpha value is -1.60. The molecular weight excluding hydrogens is 232 g/mol. The molecule has 86 valence electrons. The molecule has 0 N–H and O–H groups in total. The number of hydrogen-bond donors (Lipinski definition) is 0. The minimum absolute atomic E-state index is 0.0547. The van der Waals surface area contributed by atoms with Gasteiger partial charge in [-0.2, -0.15) is 0 Å². The smallest absolute Gasteiger partial charge is 0.193 e. The van der Waals surface area contributed by atoms with E-state index in [4.69, 9.17) is 11.6 Å². The molecule has 0 saturated heterocycles. The molecule has 0 aliphatic heterocycles. The van der Waals surface area contributed by atoms with Crippen LogP contribution in [0.2, 0.25) is 5.02 Å². The van der Waals surface area contributed by atoms with Gasteiger partial charge in [0, 0.05) is 16.1 Å². The first-order valence-electron chi connectivity index (χ1n) is 5.60. The minimum Gasteiger partial charge on any atom is -0.289 e. The summed E-state index contributed by atoms with van der Waals surface area (Å²) in [5.74, 6) is 0.0547. The number of carbonyl (C=O) groups is 1. The van der Waals surface area contributed by atoms with Gasteiger partial charge in [0.15, 0.2) is 5.78 Å². The van der Waals surface area contributed by atoms with Crippen LogP contribution in [0.15, 0.2) is 48.5 Å². The number of rotatable bonds is 3. The number of halogens is 1. The van der Waals surface area contributed by atoms with Crippen molar-refractivity contribution < 1.29 is 4.79 Å². The summed E-state index contributed by atoms with van der Waals surface area (Å²) in [5.41, 5.74) is 2.53. The van der Waals surface area contributed by atoms with Crippen LogP contribution >= 0.6 is 11.6 Å². The fourth-order valence-electron chi connectivity index (χ4n) is 1.81. The van der Waals surface area contributed by atoms with Crippen molar-refractivity contribution in [2.45, 2.75) is 13.3 Å². The molecular formula is C15H13ClO. The lowest BCUT2D eigenvalue weighted by Crippen LogP contribution is -2.04. The third-order valence-corrected chi connectivity index (χ3v) is 3.00.